The number of hydrogen-bond acceptors (Lipinski definition) is 5. The molecule has 5 N–H and O–H groups in total. The van der Waals surface area contributed by atoms with E-state index in [1.54, 1.807) is 0 Å². The van der Waals surface area contributed by atoms with E-state index < -0.39 is 17.9 Å². The zero-order chi connectivity index (χ0) is 14.3. The molecule has 1 saturated heterocycles. The topological polar surface area (TPSA) is 122 Å². The first-order valence-electron chi connectivity index (χ1n) is 6.52. The fourth-order valence-corrected chi connectivity index (χ4v) is 1.94. The van der Waals surface area contributed by atoms with Gasteiger partial charge in [-0.15, -0.1) is 0 Å². The summed E-state index contributed by atoms with van der Waals surface area (Å²) in [7, 11) is 0. The van der Waals surface area contributed by atoms with Gasteiger partial charge in [-0.3, -0.25) is 14.4 Å². The molecule has 2 atom stereocenters. The quantitative estimate of drug-likeness (QED) is 0.327. The van der Waals surface area contributed by atoms with Crippen LogP contribution in [0.4, 0.5) is 0 Å². The Hall–Kier alpha value is -1.47. The first kappa shape index (κ1) is 15.6. The molecular formula is C12H21N3O4. The molecule has 1 amide bonds. The van der Waals surface area contributed by atoms with Crippen LogP contribution in [0.5, 0.6) is 0 Å². The van der Waals surface area contributed by atoms with Crippen molar-refractivity contribution in [1.82, 2.24) is 10.6 Å². The number of carbonyl (C=O) groups is 3. The lowest BCUT2D eigenvalue weighted by Gasteiger charge is -2.09. The number of rotatable bonds is 8. The molecule has 0 unspecified atom stereocenters. The van der Waals surface area contributed by atoms with Gasteiger partial charge in [0.1, 0.15) is 12.0 Å². The van der Waals surface area contributed by atoms with E-state index in [0.717, 1.165) is 12.8 Å². The molecule has 1 aliphatic rings. The summed E-state index contributed by atoms with van der Waals surface area (Å²) in [5, 5.41) is 14.2. The van der Waals surface area contributed by atoms with Crippen LogP contribution >= 0.6 is 0 Å². The normalized spacial score (nSPS) is 20.3. The molecule has 19 heavy (non-hydrogen) atoms. The number of amides is 1. The molecule has 0 aromatic rings. The second kappa shape index (κ2) is 7.85. The maximum atomic E-state index is 11.6. The Kier molecular flexibility index (Phi) is 6.44. The summed E-state index contributed by atoms with van der Waals surface area (Å²) in [6.07, 6.45) is 2.71. The summed E-state index contributed by atoms with van der Waals surface area (Å²) in [5.74, 6) is -1.83. The molecule has 0 saturated carbocycles. The predicted molar refractivity (Wildman–Crippen MR) is 68.5 cm³/mol. The first-order chi connectivity index (χ1) is 9.02. The number of Topliss-reactive ketones (excluding diaryl/α,β-unsaturated/α-hetero) is 1. The van der Waals surface area contributed by atoms with Crippen molar-refractivity contribution in [3.63, 3.8) is 0 Å². The molecule has 1 heterocycles. The van der Waals surface area contributed by atoms with Crippen molar-refractivity contribution in [3.8, 4) is 0 Å². The van der Waals surface area contributed by atoms with Crippen molar-refractivity contribution in [2.24, 2.45) is 11.7 Å². The Morgan fingerprint density at radius 1 is 1.42 bits per heavy atom. The van der Waals surface area contributed by atoms with Crippen LogP contribution in [-0.4, -0.2) is 48.4 Å². The van der Waals surface area contributed by atoms with Crippen LogP contribution in [0.25, 0.3) is 0 Å². The number of carbonyl (C=O) groups excluding carboxylic acids is 2. The Labute approximate surface area is 111 Å². The maximum absolute atomic E-state index is 11.6. The number of nitrogens with two attached hydrogens (primary N) is 1. The van der Waals surface area contributed by atoms with E-state index >= 15 is 0 Å². The van der Waals surface area contributed by atoms with Crippen LogP contribution in [0.15, 0.2) is 0 Å². The van der Waals surface area contributed by atoms with Gasteiger partial charge in [0.25, 0.3) is 0 Å². The second-order valence-corrected chi connectivity index (χ2v) is 4.73. The number of aliphatic carboxylic acids is 1. The Balaban J connectivity index is 2.03. The van der Waals surface area contributed by atoms with Crippen LogP contribution in [0, 0.1) is 5.92 Å². The lowest BCUT2D eigenvalue weighted by atomic mass is 10.1. The summed E-state index contributed by atoms with van der Waals surface area (Å²) in [6, 6.07) is -0.809. The Bertz CT molecular complexity index is 346. The van der Waals surface area contributed by atoms with E-state index in [0.29, 0.717) is 25.9 Å². The summed E-state index contributed by atoms with van der Waals surface area (Å²) in [4.78, 5) is 33.4. The molecule has 0 aromatic heterocycles. The highest BCUT2D eigenvalue weighted by atomic mass is 16.4. The number of unbranched alkanes of at least 4 members (excludes halogenated alkanes) is 2. The van der Waals surface area contributed by atoms with Gasteiger partial charge < -0.3 is 21.5 Å². The zero-order valence-electron chi connectivity index (χ0n) is 10.9. The fraction of sp³-hybridized carbons (Fsp3) is 0.750. The highest BCUT2D eigenvalue weighted by Gasteiger charge is 2.30. The van der Waals surface area contributed by atoms with Gasteiger partial charge in [-0.25, -0.2) is 0 Å². The van der Waals surface area contributed by atoms with E-state index in [9.17, 15) is 14.4 Å². The van der Waals surface area contributed by atoms with Gasteiger partial charge in [0, 0.05) is 13.1 Å². The average molecular weight is 271 g/mol. The highest BCUT2D eigenvalue weighted by molar-refractivity contribution is 6.03. The zero-order valence-corrected chi connectivity index (χ0v) is 10.9. The van der Waals surface area contributed by atoms with Gasteiger partial charge >= 0.3 is 5.97 Å². The molecule has 7 heteroatoms. The van der Waals surface area contributed by atoms with Gasteiger partial charge in [-0.1, -0.05) is 12.8 Å². The molecule has 0 spiro atoms. The van der Waals surface area contributed by atoms with E-state index in [4.69, 9.17) is 10.8 Å². The van der Waals surface area contributed by atoms with Gasteiger partial charge in [-0.2, -0.15) is 0 Å². The van der Waals surface area contributed by atoms with Gasteiger partial charge in [0.05, 0.1) is 6.54 Å². The Morgan fingerprint density at radius 3 is 2.74 bits per heavy atom. The highest BCUT2D eigenvalue weighted by Crippen LogP contribution is 2.05. The van der Waals surface area contributed by atoms with Gasteiger partial charge in [0.15, 0.2) is 5.78 Å². The van der Waals surface area contributed by atoms with Crippen LogP contribution in [-0.2, 0) is 14.4 Å². The van der Waals surface area contributed by atoms with E-state index in [2.05, 4.69) is 10.6 Å². The second-order valence-electron chi connectivity index (χ2n) is 4.73. The molecule has 0 bridgehead atoms. The fourth-order valence-electron chi connectivity index (χ4n) is 1.94. The minimum atomic E-state index is -0.986. The van der Waals surface area contributed by atoms with Crippen molar-refractivity contribution in [2.75, 3.05) is 19.6 Å². The molecule has 1 rings (SSSR count). The third kappa shape index (κ3) is 5.35. The summed E-state index contributed by atoms with van der Waals surface area (Å²) < 4.78 is 0. The van der Waals surface area contributed by atoms with Gasteiger partial charge in [0.2, 0.25) is 5.91 Å². The average Bonchev–Trinajstić information content (AvgIpc) is 2.79. The van der Waals surface area contributed by atoms with Crippen molar-refractivity contribution in [2.45, 2.75) is 31.7 Å². The molecular weight excluding hydrogens is 250 g/mol. The monoisotopic (exact) mass is 271 g/mol. The van der Waals surface area contributed by atoms with Crippen molar-refractivity contribution in [3.05, 3.63) is 0 Å². The molecule has 1 fully saturated rings. The third-order valence-electron chi connectivity index (χ3n) is 3.16. The summed E-state index contributed by atoms with van der Waals surface area (Å²) in [5.41, 5.74) is 5.36. The Morgan fingerprint density at radius 2 is 2.16 bits per heavy atom. The molecule has 1 aliphatic heterocycles. The van der Waals surface area contributed by atoms with Gasteiger partial charge in [-0.05, 0) is 12.8 Å². The van der Waals surface area contributed by atoms with Crippen LogP contribution in [0.3, 0.4) is 0 Å². The molecule has 7 nitrogen and oxygen atoms in total. The van der Waals surface area contributed by atoms with E-state index in [1.165, 1.54) is 0 Å². The molecule has 108 valence electrons. The van der Waals surface area contributed by atoms with Crippen LogP contribution < -0.4 is 16.4 Å². The van der Waals surface area contributed by atoms with Crippen LogP contribution in [0.1, 0.15) is 25.7 Å². The van der Waals surface area contributed by atoms with Crippen LogP contribution in [0.2, 0.25) is 0 Å². The summed E-state index contributed by atoms with van der Waals surface area (Å²) >= 11 is 0. The predicted octanol–water partition coefficient (Wildman–Crippen LogP) is -1.14. The van der Waals surface area contributed by atoms with Crippen molar-refractivity contribution >= 4 is 17.7 Å². The maximum Gasteiger partial charge on any atom is 0.320 e. The number of carboxylic acid groups (broad SMARTS) is 1. The van der Waals surface area contributed by atoms with E-state index in [1.807, 2.05) is 0 Å². The standard InChI is InChI=1S/C12H21N3O4/c13-9(12(18)19)4-2-1-3-5-15-11(17)8-6-14-7-10(8)16/h8-9,14H,1-7,13H2,(H,15,17)(H,18,19)/t8-,9-/m0/s1. The van der Waals surface area contributed by atoms with E-state index in [-0.39, 0.29) is 18.2 Å². The first-order valence-corrected chi connectivity index (χ1v) is 6.52. The number of carboxylic acids is 1. The molecule has 0 radical (unpaired) electrons. The molecule has 0 aliphatic carbocycles. The minimum absolute atomic E-state index is 0.0649. The number of hydrogen-bond donors (Lipinski definition) is 4. The smallest absolute Gasteiger partial charge is 0.320 e. The van der Waals surface area contributed by atoms with Crippen molar-refractivity contribution < 1.29 is 19.5 Å². The van der Waals surface area contributed by atoms with Crippen molar-refractivity contribution in [1.29, 1.82) is 0 Å². The third-order valence-corrected chi connectivity index (χ3v) is 3.16. The molecule has 0 aromatic carbocycles. The minimum Gasteiger partial charge on any atom is -0.480 e. The number of nitrogens with one attached hydrogen (secondary N) is 2. The number of ketones is 1. The SMILES string of the molecule is N[C@@H](CCCCCNC(=O)[C@H]1CNCC1=O)C(=O)O. The lowest BCUT2D eigenvalue weighted by Crippen LogP contribution is -2.35. The summed E-state index contributed by atoms with van der Waals surface area (Å²) in [6.45, 7) is 1.19. The lowest BCUT2D eigenvalue weighted by molar-refractivity contribution is -0.138. The largest absolute Gasteiger partial charge is 0.480 e.